The molecule has 4 heterocycles. The summed E-state index contributed by atoms with van der Waals surface area (Å²) in [5, 5.41) is 13.8. The van der Waals surface area contributed by atoms with Gasteiger partial charge in [0.2, 0.25) is 0 Å². The summed E-state index contributed by atoms with van der Waals surface area (Å²) < 4.78 is 7.70. The highest BCUT2D eigenvalue weighted by atomic mass is 16.5. The van der Waals surface area contributed by atoms with Gasteiger partial charge in [0.05, 0.1) is 12.6 Å². The molecule has 0 spiro atoms. The second kappa shape index (κ2) is 8.68. The topological polar surface area (TPSA) is 88.9 Å². The smallest absolute Gasteiger partial charge is 0.254 e. The molecule has 2 aliphatic rings. The molecule has 2 aromatic heterocycles. The summed E-state index contributed by atoms with van der Waals surface area (Å²) in [5.74, 6) is 0.671. The maximum Gasteiger partial charge on any atom is 0.254 e. The van der Waals surface area contributed by atoms with Crippen LogP contribution < -0.4 is 10.5 Å². The predicted molar refractivity (Wildman–Crippen MR) is 130 cm³/mol. The van der Waals surface area contributed by atoms with Crippen LogP contribution in [0.5, 0.6) is 0 Å². The molecule has 8 heteroatoms. The average Bonchev–Trinajstić information content (AvgIpc) is 3.53. The van der Waals surface area contributed by atoms with Crippen LogP contribution in [0.2, 0.25) is 0 Å². The average molecular weight is 457 g/mol. The van der Waals surface area contributed by atoms with Gasteiger partial charge < -0.3 is 14.6 Å². The Balaban J connectivity index is 1.53. The molecule has 4 aromatic rings. The van der Waals surface area contributed by atoms with E-state index in [-0.39, 0.29) is 11.7 Å². The van der Waals surface area contributed by atoms with E-state index in [0.717, 1.165) is 61.0 Å². The van der Waals surface area contributed by atoms with Gasteiger partial charge in [0, 0.05) is 29.9 Å². The SMILES string of the molecule is Cc1ccc2[nH]c(=O)c([C@H](c3nnnn3C[C@H]3CCCO3)N3CCCc4ccccc43)cc2c1. The molecule has 8 nitrogen and oxygen atoms in total. The first-order valence-corrected chi connectivity index (χ1v) is 12.0. The predicted octanol–water partition coefficient (Wildman–Crippen LogP) is 3.54. The summed E-state index contributed by atoms with van der Waals surface area (Å²) in [5.41, 5.74) is 4.93. The van der Waals surface area contributed by atoms with E-state index in [9.17, 15) is 4.79 Å². The molecule has 6 rings (SSSR count). The van der Waals surface area contributed by atoms with E-state index in [1.54, 1.807) is 0 Å². The van der Waals surface area contributed by atoms with Gasteiger partial charge >= 0.3 is 0 Å². The van der Waals surface area contributed by atoms with Crippen LogP contribution >= 0.6 is 0 Å². The Labute approximate surface area is 197 Å². The first-order chi connectivity index (χ1) is 16.7. The number of benzene rings is 2. The number of fused-ring (bicyclic) bond motifs is 2. The van der Waals surface area contributed by atoms with Crippen LogP contribution in [-0.4, -0.2) is 44.4 Å². The van der Waals surface area contributed by atoms with Crippen molar-refractivity contribution in [1.82, 2.24) is 25.2 Å². The molecular weight excluding hydrogens is 428 g/mol. The summed E-state index contributed by atoms with van der Waals surface area (Å²) >= 11 is 0. The lowest BCUT2D eigenvalue weighted by atomic mass is 9.96. The minimum Gasteiger partial charge on any atom is -0.376 e. The van der Waals surface area contributed by atoms with Crippen LogP contribution in [-0.2, 0) is 17.7 Å². The zero-order valence-electron chi connectivity index (χ0n) is 19.3. The van der Waals surface area contributed by atoms with Crippen molar-refractivity contribution in [2.75, 3.05) is 18.1 Å². The fraction of sp³-hybridized carbons (Fsp3) is 0.385. The minimum absolute atomic E-state index is 0.0917. The number of hydrogen-bond donors (Lipinski definition) is 1. The molecule has 2 atom stereocenters. The number of aromatic amines is 1. The number of aromatic nitrogens is 5. The van der Waals surface area contributed by atoms with E-state index in [1.165, 1.54) is 5.56 Å². The monoisotopic (exact) mass is 456 g/mol. The molecule has 34 heavy (non-hydrogen) atoms. The van der Waals surface area contributed by atoms with Gasteiger partial charge in [0.15, 0.2) is 5.82 Å². The molecule has 0 bridgehead atoms. The third-order valence-corrected chi connectivity index (χ3v) is 6.99. The van der Waals surface area contributed by atoms with E-state index in [0.29, 0.717) is 17.9 Å². The lowest BCUT2D eigenvalue weighted by Crippen LogP contribution is -2.39. The minimum atomic E-state index is -0.411. The third-order valence-electron chi connectivity index (χ3n) is 6.99. The first kappa shape index (κ1) is 21.0. The number of para-hydroxylation sites is 1. The first-order valence-electron chi connectivity index (χ1n) is 12.0. The van der Waals surface area contributed by atoms with Gasteiger partial charge in [0.25, 0.3) is 5.56 Å². The quantitative estimate of drug-likeness (QED) is 0.494. The lowest BCUT2D eigenvalue weighted by molar-refractivity contribution is 0.0924. The maximum absolute atomic E-state index is 13.5. The normalized spacial score (nSPS) is 18.9. The highest BCUT2D eigenvalue weighted by molar-refractivity contribution is 5.80. The van der Waals surface area contributed by atoms with E-state index in [2.05, 4.69) is 62.7 Å². The van der Waals surface area contributed by atoms with Crippen molar-refractivity contribution in [3.8, 4) is 0 Å². The van der Waals surface area contributed by atoms with Gasteiger partial charge in [-0.1, -0.05) is 29.8 Å². The fourth-order valence-corrected chi connectivity index (χ4v) is 5.34. The summed E-state index contributed by atoms with van der Waals surface area (Å²) in [4.78, 5) is 18.9. The number of hydrogen-bond acceptors (Lipinski definition) is 6. The number of rotatable bonds is 5. The number of aryl methyl sites for hydroxylation is 2. The molecular formula is C26H28N6O2. The van der Waals surface area contributed by atoms with E-state index < -0.39 is 6.04 Å². The summed E-state index contributed by atoms with van der Waals surface area (Å²) in [6.07, 6.45) is 4.16. The Hall–Kier alpha value is -3.52. The van der Waals surface area contributed by atoms with Gasteiger partial charge in [-0.15, -0.1) is 5.10 Å². The van der Waals surface area contributed by atoms with Gasteiger partial charge in [-0.2, -0.15) is 0 Å². The molecule has 174 valence electrons. The second-order valence-electron chi connectivity index (χ2n) is 9.33. The molecule has 1 fully saturated rings. The Morgan fingerprint density at radius 3 is 2.97 bits per heavy atom. The van der Waals surface area contributed by atoms with E-state index in [1.807, 2.05) is 22.9 Å². The van der Waals surface area contributed by atoms with Crippen LogP contribution in [0.3, 0.4) is 0 Å². The number of ether oxygens (including phenoxy) is 1. The number of H-pyrrole nitrogens is 1. The number of tetrazole rings is 1. The molecule has 0 saturated carbocycles. The second-order valence-corrected chi connectivity index (χ2v) is 9.33. The largest absolute Gasteiger partial charge is 0.376 e. The van der Waals surface area contributed by atoms with Crippen molar-refractivity contribution in [3.05, 3.63) is 81.4 Å². The Morgan fingerprint density at radius 2 is 2.09 bits per heavy atom. The zero-order valence-corrected chi connectivity index (χ0v) is 19.3. The van der Waals surface area contributed by atoms with Crippen molar-refractivity contribution < 1.29 is 4.74 Å². The highest BCUT2D eigenvalue weighted by Crippen LogP contribution is 2.36. The number of nitrogens with zero attached hydrogens (tertiary/aromatic N) is 5. The molecule has 0 unspecified atom stereocenters. The Bertz CT molecular complexity index is 1390. The van der Waals surface area contributed by atoms with E-state index >= 15 is 0 Å². The standard InChI is InChI=1S/C26H28N6O2/c1-17-10-11-22-19(14-17)15-21(26(33)27-22)24(31-12-4-7-18-6-2-3-9-23(18)31)25-28-29-30-32(25)16-20-8-5-13-34-20/h2-3,6,9-11,14-15,20,24H,4-5,7-8,12-13,16H2,1H3,(H,27,33)/t20-,24-/m1/s1. The molecule has 0 aliphatic carbocycles. The van der Waals surface area contributed by atoms with Gasteiger partial charge in [-0.3, -0.25) is 4.79 Å². The fourth-order valence-electron chi connectivity index (χ4n) is 5.34. The van der Waals surface area contributed by atoms with Gasteiger partial charge in [0.1, 0.15) is 6.04 Å². The lowest BCUT2D eigenvalue weighted by Gasteiger charge is -2.37. The number of anilines is 1. The van der Waals surface area contributed by atoms with Crippen molar-refractivity contribution >= 4 is 16.6 Å². The summed E-state index contributed by atoms with van der Waals surface area (Å²) in [6, 6.07) is 16.1. The van der Waals surface area contributed by atoms with Gasteiger partial charge in [-0.05, 0) is 78.2 Å². The van der Waals surface area contributed by atoms with Crippen molar-refractivity contribution in [1.29, 1.82) is 0 Å². The Morgan fingerprint density at radius 1 is 1.18 bits per heavy atom. The maximum atomic E-state index is 13.5. The molecule has 2 aliphatic heterocycles. The van der Waals surface area contributed by atoms with Crippen LogP contribution in [0.4, 0.5) is 5.69 Å². The third kappa shape index (κ3) is 3.77. The van der Waals surface area contributed by atoms with Gasteiger partial charge in [-0.25, -0.2) is 4.68 Å². The molecule has 1 saturated heterocycles. The number of nitrogens with one attached hydrogen (secondary N) is 1. The Kier molecular flexibility index (Phi) is 5.37. The summed E-state index contributed by atoms with van der Waals surface area (Å²) in [7, 11) is 0. The van der Waals surface area contributed by atoms with E-state index in [4.69, 9.17) is 4.74 Å². The number of pyridine rings is 1. The van der Waals surface area contributed by atoms with Crippen molar-refractivity contribution in [2.45, 2.75) is 51.3 Å². The van der Waals surface area contributed by atoms with Crippen LogP contribution in [0.15, 0.2) is 53.3 Å². The highest BCUT2D eigenvalue weighted by Gasteiger charge is 2.34. The van der Waals surface area contributed by atoms with Crippen LogP contribution in [0.25, 0.3) is 10.9 Å². The summed E-state index contributed by atoms with van der Waals surface area (Å²) in [6.45, 7) is 4.23. The van der Waals surface area contributed by atoms with Crippen molar-refractivity contribution in [2.24, 2.45) is 0 Å². The zero-order chi connectivity index (χ0) is 23.1. The van der Waals surface area contributed by atoms with Crippen molar-refractivity contribution in [3.63, 3.8) is 0 Å². The molecule has 1 N–H and O–H groups in total. The molecule has 0 amide bonds. The van der Waals surface area contributed by atoms with Crippen LogP contribution in [0, 0.1) is 6.92 Å². The van der Waals surface area contributed by atoms with Crippen LogP contribution in [0.1, 0.15) is 47.8 Å². The molecule has 0 radical (unpaired) electrons. The molecule has 2 aromatic carbocycles.